The zero-order valence-electron chi connectivity index (χ0n) is 7.65. The number of hydrogen-bond donors (Lipinski definition) is 1. The summed E-state index contributed by atoms with van der Waals surface area (Å²) in [6, 6.07) is 0.608. The van der Waals surface area contributed by atoms with Gasteiger partial charge < -0.3 is 0 Å². The summed E-state index contributed by atoms with van der Waals surface area (Å²) in [4.78, 5) is 0. The molecule has 0 saturated carbocycles. The van der Waals surface area contributed by atoms with E-state index in [0.29, 0.717) is 6.04 Å². The van der Waals surface area contributed by atoms with Gasteiger partial charge in [-0.05, 0) is 20.3 Å². The monoisotopic (exact) mass is 144 g/mol. The summed E-state index contributed by atoms with van der Waals surface area (Å²) in [5, 5.41) is 2.25. The van der Waals surface area contributed by atoms with Crippen molar-refractivity contribution in [2.75, 3.05) is 13.1 Å². The summed E-state index contributed by atoms with van der Waals surface area (Å²) in [6.07, 6.45) is 1.20. The zero-order valence-corrected chi connectivity index (χ0v) is 7.65. The van der Waals surface area contributed by atoms with Gasteiger partial charge in [-0.3, -0.25) is 5.43 Å². The lowest BCUT2D eigenvalue weighted by molar-refractivity contribution is 0.153. The second-order valence-electron chi connectivity index (χ2n) is 2.79. The molecule has 0 aromatic rings. The normalized spacial score (nSPS) is 11.4. The maximum atomic E-state index is 3.35. The van der Waals surface area contributed by atoms with Gasteiger partial charge in [-0.2, -0.15) is 0 Å². The molecule has 0 radical (unpaired) electrons. The highest BCUT2D eigenvalue weighted by molar-refractivity contribution is 4.54. The number of nitrogens with one attached hydrogen (secondary N) is 1. The lowest BCUT2D eigenvalue weighted by atomic mass is 10.4. The second kappa shape index (κ2) is 5.69. The number of hydrazine groups is 1. The minimum atomic E-state index is 0.608. The molecular formula is C8H20N2. The van der Waals surface area contributed by atoms with Crippen molar-refractivity contribution in [3.63, 3.8) is 0 Å². The van der Waals surface area contributed by atoms with Crippen molar-refractivity contribution in [3.05, 3.63) is 0 Å². The van der Waals surface area contributed by atoms with Gasteiger partial charge in [0.2, 0.25) is 0 Å². The number of nitrogens with zero attached hydrogens (tertiary/aromatic N) is 1. The third-order valence-electron chi connectivity index (χ3n) is 1.53. The molecule has 0 aliphatic heterocycles. The minimum Gasteiger partial charge on any atom is -0.255 e. The minimum absolute atomic E-state index is 0.608. The van der Waals surface area contributed by atoms with Crippen molar-refractivity contribution in [2.24, 2.45) is 0 Å². The Morgan fingerprint density at radius 1 is 1.30 bits per heavy atom. The van der Waals surface area contributed by atoms with E-state index in [9.17, 15) is 0 Å². The fraction of sp³-hybridized carbons (Fsp3) is 1.00. The molecule has 0 aliphatic carbocycles. The molecule has 0 bridgehead atoms. The third kappa shape index (κ3) is 3.85. The van der Waals surface area contributed by atoms with E-state index in [1.54, 1.807) is 0 Å². The van der Waals surface area contributed by atoms with Gasteiger partial charge in [-0.15, -0.1) is 0 Å². The molecule has 0 heterocycles. The molecule has 0 saturated heterocycles. The quantitative estimate of drug-likeness (QED) is 0.590. The summed E-state index contributed by atoms with van der Waals surface area (Å²) in [5.41, 5.74) is 3.35. The summed E-state index contributed by atoms with van der Waals surface area (Å²) < 4.78 is 0. The molecule has 0 aromatic heterocycles. The third-order valence-corrected chi connectivity index (χ3v) is 1.53. The van der Waals surface area contributed by atoms with E-state index in [1.165, 1.54) is 6.42 Å². The van der Waals surface area contributed by atoms with Gasteiger partial charge in [0.15, 0.2) is 0 Å². The molecule has 62 valence electrons. The summed E-state index contributed by atoms with van der Waals surface area (Å²) >= 11 is 0. The molecule has 0 aromatic carbocycles. The molecular weight excluding hydrogens is 124 g/mol. The second-order valence-corrected chi connectivity index (χ2v) is 2.79. The van der Waals surface area contributed by atoms with Crippen molar-refractivity contribution < 1.29 is 0 Å². The largest absolute Gasteiger partial charge is 0.255 e. The molecule has 0 aliphatic rings. The van der Waals surface area contributed by atoms with Crippen molar-refractivity contribution in [1.82, 2.24) is 10.4 Å². The van der Waals surface area contributed by atoms with E-state index in [-0.39, 0.29) is 0 Å². The Morgan fingerprint density at radius 3 is 2.20 bits per heavy atom. The van der Waals surface area contributed by atoms with Crippen LogP contribution in [0.15, 0.2) is 0 Å². The molecule has 0 atom stereocenters. The fourth-order valence-electron chi connectivity index (χ4n) is 0.915. The van der Waals surface area contributed by atoms with E-state index in [2.05, 4.69) is 38.1 Å². The van der Waals surface area contributed by atoms with Crippen LogP contribution in [-0.2, 0) is 0 Å². The van der Waals surface area contributed by atoms with Crippen LogP contribution in [0.3, 0.4) is 0 Å². The van der Waals surface area contributed by atoms with Crippen molar-refractivity contribution in [2.45, 2.75) is 40.2 Å². The predicted octanol–water partition coefficient (Wildman–Crippen LogP) is 1.63. The molecule has 0 spiro atoms. The van der Waals surface area contributed by atoms with Gasteiger partial charge in [0, 0.05) is 19.1 Å². The van der Waals surface area contributed by atoms with Gasteiger partial charge in [-0.25, -0.2) is 5.01 Å². The van der Waals surface area contributed by atoms with Gasteiger partial charge in [0.1, 0.15) is 0 Å². The smallest absolute Gasteiger partial charge is 0.0186 e. The van der Waals surface area contributed by atoms with Crippen LogP contribution in [-0.4, -0.2) is 24.1 Å². The van der Waals surface area contributed by atoms with Crippen LogP contribution in [0.25, 0.3) is 0 Å². The van der Waals surface area contributed by atoms with Crippen LogP contribution < -0.4 is 5.43 Å². The summed E-state index contributed by atoms with van der Waals surface area (Å²) in [7, 11) is 0. The van der Waals surface area contributed by atoms with Crippen molar-refractivity contribution in [3.8, 4) is 0 Å². The molecule has 0 fully saturated rings. The average Bonchev–Trinajstić information content (AvgIpc) is 1.89. The first-order valence-electron chi connectivity index (χ1n) is 4.22. The lowest BCUT2D eigenvalue weighted by Crippen LogP contribution is -2.43. The number of rotatable bonds is 5. The Labute approximate surface area is 64.6 Å². The molecule has 10 heavy (non-hydrogen) atoms. The maximum Gasteiger partial charge on any atom is 0.0186 e. The Balaban J connectivity index is 3.40. The van der Waals surface area contributed by atoms with E-state index < -0.39 is 0 Å². The molecule has 1 N–H and O–H groups in total. The van der Waals surface area contributed by atoms with E-state index in [4.69, 9.17) is 0 Å². The summed E-state index contributed by atoms with van der Waals surface area (Å²) in [5.74, 6) is 0. The van der Waals surface area contributed by atoms with Crippen LogP contribution in [0.5, 0.6) is 0 Å². The highest BCUT2D eigenvalue weighted by Crippen LogP contribution is 1.91. The van der Waals surface area contributed by atoms with Crippen molar-refractivity contribution in [1.29, 1.82) is 0 Å². The predicted molar refractivity (Wildman–Crippen MR) is 45.8 cm³/mol. The van der Waals surface area contributed by atoms with Crippen LogP contribution in [0.1, 0.15) is 34.1 Å². The number of hydrogen-bond acceptors (Lipinski definition) is 2. The Bertz CT molecular complexity index is 71.7. The van der Waals surface area contributed by atoms with E-state index in [1.807, 2.05) is 0 Å². The van der Waals surface area contributed by atoms with Crippen LogP contribution >= 0.6 is 0 Å². The van der Waals surface area contributed by atoms with E-state index in [0.717, 1.165) is 13.1 Å². The Hall–Kier alpha value is -0.0800. The maximum absolute atomic E-state index is 3.35. The Morgan fingerprint density at radius 2 is 1.90 bits per heavy atom. The fourth-order valence-corrected chi connectivity index (χ4v) is 0.915. The van der Waals surface area contributed by atoms with E-state index >= 15 is 0 Å². The highest BCUT2D eigenvalue weighted by atomic mass is 15.5. The molecule has 0 rings (SSSR count). The molecule has 2 heteroatoms. The SMILES string of the molecule is CCCNN(CC)C(C)C. The molecule has 0 amide bonds. The standard InChI is InChI=1S/C8H20N2/c1-5-7-9-10(6-2)8(3)4/h8-9H,5-7H2,1-4H3. The van der Waals surface area contributed by atoms with Gasteiger partial charge in [0.25, 0.3) is 0 Å². The van der Waals surface area contributed by atoms with Crippen LogP contribution in [0.2, 0.25) is 0 Å². The average molecular weight is 144 g/mol. The summed E-state index contributed by atoms with van der Waals surface area (Å²) in [6.45, 7) is 10.9. The molecule has 2 nitrogen and oxygen atoms in total. The van der Waals surface area contributed by atoms with Crippen molar-refractivity contribution >= 4 is 0 Å². The van der Waals surface area contributed by atoms with Gasteiger partial charge >= 0.3 is 0 Å². The van der Waals surface area contributed by atoms with Crippen LogP contribution in [0.4, 0.5) is 0 Å². The van der Waals surface area contributed by atoms with Crippen LogP contribution in [0, 0.1) is 0 Å². The van der Waals surface area contributed by atoms with Gasteiger partial charge in [-0.1, -0.05) is 13.8 Å². The lowest BCUT2D eigenvalue weighted by Gasteiger charge is -2.25. The highest BCUT2D eigenvalue weighted by Gasteiger charge is 2.03. The Kier molecular flexibility index (Phi) is 5.64. The van der Waals surface area contributed by atoms with Gasteiger partial charge in [0.05, 0.1) is 0 Å². The first-order valence-corrected chi connectivity index (χ1v) is 4.22. The first-order chi connectivity index (χ1) is 4.72. The first kappa shape index (κ1) is 9.92. The zero-order chi connectivity index (χ0) is 7.98. The molecule has 0 unspecified atom stereocenters. The topological polar surface area (TPSA) is 15.3 Å².